The number of ketones is 1. The Morgan fingerprint density at radius 3 is 2.47 bits per heavy atom. The van der Waals surface area contributed by atoms with Gasteiger partial charge in [0.1, 0.15) is 11.9 Å². The third-order valence-electron chi connectivity index (χ3n) is 11.8. The smallest absolute Gasteiger partial charge is 0.336 e. The first-order chi connectivity index (χ1) is 17.0. The minimum absolute atomic E-state index is 0.0518. The van der Waals surface area contributed by atoms with Gasteiger partial charge < -0.3 is 24.8 Å². The summed E-state index contributed by atoms with van der Waals surface area (Å²) in [5.74, 6) is 0.617. The zero-order valence-corrected chi connectivity index (χ0v) is 22.4. The second-order valence-corrected chi connectivity index (χ2v) is 13.0. The fraction of sp³-hybridized carbons (Fsp3) is 0.862. The Hall–Kier alpha value is -1.28. The normalized spacial score (nSPS) is 49.7. The molecule has 12 atom stereocenters. The molecular formula is C29H44O7. The van der Waals surface area contributed by atoms with Gasteiger partial charge in [-0.3, -0.25) is 4.79 Å². The summed E-state index contributed by atoms with van der Waals surface area (Å²) in [5, 5.41) is 32.0. The number of carbonyl (C=O) groups excluding carboxylic acids is 2. The van der Waals surface area contributed by atoms with Crippen molar-refractivity contribution in [2.75, 3.05) is 13.7 Å². The predicted molar refractivity (Wildman–Crippen MR) is 133 cm³/mol. The van der Waals surface area contributed by atoms with Gasteiger partial charge in [0, 0.05) is 31.3 Å². The molecule has 0 aromatic rings. The van der Waals surface area contributed by atoms with Crippen LogP contribution in [0.4, 0.5) is 0 Å². The van der Waals surface area contributed by atoms with E-state index < -0.39 is 29.6 Å². The topological polar surface area (TPSA) is 113 Å². The lowest BCUT2D eigenvalue weighted by molar-refractivity contribution is -0.212. The molecule has 202 valence electrons. The van der Waals surface area contributed by atoms with Gasteiger partial charge >= 0.3 is 5.97 Å². The Balaban J connectivity index is 1.40. The van der Waals surface area contributed by atoms with Gasteiger partial charge in [0.25, 0.3) is 0 Å². The molecule has 4 saturated carbocycles. The van der Waals surface area contributed by atoms with E-state index in [4.69, 9.17) is 9.47 Å². The molecule has 7 heteroatoms. The molecule has 0 spiro atoms. The Bertz CT molecular complexity index is 944. The maximum Gasteiger partial charge on any atom is 0.336 e. The maximum absolute atomic E-state index is 13.6. The SMILES string of the molecule is CO[C@H]1CC(=O)[C@@]2(C)C([C@H](O)C[C@H]3[C@@H]4CC[C@H]([C@H](C)[C@H]5CC(C)=C(CO)C(=O)O5)[C@@]4(C)CC[C@@H]32)[C@H]1O. The van der Waals surface area contributed by atoms with Crippen molar-refractivity contribution in [2.24, 2.45) is 46.3 Å². The van der Waals surface area contributed by atoms with Crippen molar-refractivity contribution in [2.45, 2.75) is 97.1 Å². The zero-order valence-electron chi connectivity index (χ0n) is 22.4. The van der Waals surface area contributed by atoms with Gasteiger partial charge in [-0.15, -0.1) is 0 Å². The maximum atomic E-state index is 13.6. The fourth-order valence-electron chi connectivity index (χ4n) is 9.89. The van der Waals surface area contributed by atoms with Gasteiger partial charge in [0.2, 0.25) is 0 Å². The number of ether oxygens (including phenoxy) is 2. The molecule has 0 bridgehead atoms. The summed E-state index contributed by atoms with van der Waals surface area (Å²) >= 11 is 0. The molecular weight excluding hydrogens is 460 g/mol. The number of fused-ring (bicyclic) bond motifs is 5. The highest BCUT2D eigenvalue weighted by Gasteiger charge is 2.67. The molecule has 0 amide bonds. The molecule has 5 aliphatic rings. The first-order valence-corrected chi connectivity index (χ1v) is 13.9. The molecule has 0 radical (unpaired) electrons. The van der Waals surface area contributed by atoms with Crippen LogP contribution in [-0.4, -0.2) is 65.2 Å². The van der Waals surface area contributed by atoms with Crippen LogP contribution in [0.25, 0.3) is 0 Å². The van der Waals surface area contributed by atoms with Gasteiger partial charge in [-0.2, -0.15) is 0 Å². The molecule has 1 aliphatic heterocycles. The summed E-state index contributed by atoms with van der Waals surface area (Å²) in [6, 6.07) is 0. The van der Waals surface area contributed by atoms with E-state index in [9.17, 15) is 24.9 Å². The molecule has 7 nitrogen and oxygen atoms in total. The third kappa shape index (κ3) is 3.59. The zero-order chi connectivity index (χ0) is 26.2. The Labute approximate surface area is 214 Å². The average molecular weight is 505 g/mol. The number of aliphatic hydroxyl groups is 3. The number of hydrogen-bond donors (Lipinski definition) is 3. The summed E-state index contributed by atoms with van der Waals surface area (Å²) in [4.78, 5) is 26.1. The number of carbonyl (C=O) groups is 2. The second kappa shape index (κ2) is 9.18. The number of hydrogen-bond acceptors (Lipinski definition) is 7. The van der Waals surface area contributed by atoms with Crippen LogP contribution in [-0.2, 0) is 19.1 Å². The van der Waals surface area contributed by atoms with Crippen molar-refractivity contribution in [3.63, 3.8) is 0 Å². The van der Waals surface area contributed by atoms with E-state index in [1.165, 1.54) is 7.11 Å². The van der Waals surface area contributed by atoms with Gasteiger partial charge in [-0.1, -0.05) is 26.3 Å². The quantitative estimate of drug-likeness (QED) is 0.504. The minimum atomic E-state index is -0.834. The summed E-state index contributed by atoms with van der Waals surface area (Å²) in [7, 11) is 1.53. The lowest BCUT2D eigenvalue weighted by Crippen LogP contribution is -2.66. The van der Waals surface area contributed by atoms with Crippen molar-refractivity contribution in [1.82, 2.24) is 0 Å². The van der Waals surface area contributed by atoms with Gasteiger partial charge in [0.05, 0.1) is 30.5 Å². The molecule has 0 aromatic carbocycles. The second-order valence-electron chi connectivity index (χ2n) is 13.0. The first kappa shape index (κ1) is 26.3. The number of Topliss-reactive ketones (excluding diaryl/α,β-unsaturated/α-hetero) is 1. The fourth-order valence-corrected chi connectivity index (χ4v) is 9.89. The summed E-state index contributed by atoms with van der Waals surface area (Å²) in [6.07, 6.45) is 3.21. The predicted octanol–water partition coefficient (Wildman–Crippen LogP) is 3.04. The highest BCUT2D eigenvalue weighted by Crippen LogP contribution is 2.68. The van der Waals surface area contributed by atoms with Crippen molar-refractivity contribution in [1.29, 1.82) is 0 Å². The van der Waals surface area contributed by atoms with Gasteiger partial charge in [0.15, 0.2) is 0 Å². The van der Waals surface area contributed by atoms with E-state index in [1.54, 1.807) is 0 Å². The van der Waals surface area contributed by atoms with E-state index in [0.29, 0.717) is 30.3 Å². The highest BCUT2D eigenvalue weighted by atomic mass is 16.5. The van der Waals surface area contributed by atoms with Crippen LogP contribution < -0.4 is 0 Å². The van der Waals surface area contributed by atoms with Crippen molar-refractivity contribution in [3.8, 4) is 0 Å². The highest BCUT2D eigenvalue weighted by molar-refractivity contribution is 5.90. The van der Waals surface area contributed by atoms with Crippen molar-refractivity contribution in [3.05, 3.63) is 11.1 Å². The largest absolute Gasteiger partial charge is 0.458 e. The van der Waals surface area contributed by atoms with Crippen LogP contribution >= 0.6 is 0 Å². The van der Waals surface area contributed by atoms with Crippen LogP contribution in [0.15, 0.2) is 11.1 Å². The number of methoxy groups -OCH3 is 1. The van der Waals surface area contributed by atoms with E-state index >= 15 is 0 Å². The van der Waals surface area contributed by atoms with Gasteiger partial charge in [-0.25, -0.2) is 4.79 Å². The molecule has 3 N–H and O–H groups in total. The molecule has 0 aromatic heterocycles. The Morgan fingerprint density at radius 2 is 1.83 bits per heavy atom. The van der Waals surface area contributed by atoms with E-state index in [1.807, 2.05) is 13.8 Å². The van der Waals surface area contributed by atoms with Gasteiger partial charge in [-0.05, 0) is 74.0 Å². The molecule has 1 heterocycles. The van der Waals surface area contributed by atoms with Crippen LogP contribution in [0.3, 0.4) is 0 Å². The number of rotatable bonds is 4. The third-order valence-corrected chi connectivity index (χ3v) is 11.8. The molecule has 1 unspecified atom stereocenters. The van der Waals surface area contributed by atoms with Crippen molar-refractivity contribution >= 4 is 11.8 Å². The number of cyclic esters (lactones) is 1. The minimum Gasteiger partial charge on any atom is -0.458 e. The standard InChI is InChI=1S/C29H44O7/c1-14-10-22(36-27(34)17(14)13-30)15(2)18-6-7-19-16-11-21(31)25-26(33)23(35-5)12-24(32)29(25,4)20(16)8-9-28(18,19)3/h15-16,18-23,25-26,30-31,33H,6-13H2,1-5H3/t15-,16-,18+,19-,20-,21+,22+,23-,25?,26-,28+,29-/m0/s1. The van der Waals surface area contributed by atoms with E-state index in [0.717, 1.165) is 31.3 Å². The lowest BCUT2D eigenvalue weighted by atomic mass is 9.43. The summed E-state index contributed by atoms with van der Waals surface area (Å²) in [6.45, 7) is 8.23. The van der Waals surface area contributed by atoms with Crippen LogP contribution in [0.1, 0.15) is 72.6 Å². The molecule has 4 fully saturated rings. The van der Waals surface area contributed by atoms with Crippen LogP contribution in [0.2, 0.25) is 0 Å². The van der Waals surface area contributed by atoms with Crippen LogP contribution in [0, 0.1) is 46.3 Å². The Morgan fingerprint density at radius 1 is 1.11 bits per heavy atom. The molecule has 5 rings (SSSR count). The van der Waals surface area contributed by atoms with Crippen molar-refractivity contribution < 1.29 is 34.4 Å². The molecule has 0 saturated heterocycles. The lowest BCUT2D eigenvalue weighted by Gasteiger charge is -2.62. The number of aliphatic hydroxyl groups excluding tert-OH is 3. The first-order valence-electron chi connectivity index (χ1n) is 13.9. The number of esters is 1. The van der Waals surface area contributed by atoms with E-state index in [-0.39, 0.29) is 54.1 Å². The molecule has 36 heavy (non-hydrogen) atoms. The van der Waals surface area contributed by atoms with E-state index in [2.05, 4.69) is 13.8 Å². The van der Waals surface area contributed by atoms with Crippen LogP contribution in [0.5, 0.6) is 0 Å². The summed E-state index contributed by atoms with van der Waals surface area (Å²) < 4.78 is 11.3. The monoisotopic (exact) mass is 504 g/mol. The summed E-state index contributed by atoms with van der Waals surface area (Å²) in [5.41, 5.74) is 0.634. The average Bonchev–Trinajstić information content (AvgIpc) is 3.18. The Kier molecular flexibility index (Phi) is 6.71. The molecule has 4 aliphatic carbocycles.